The van der Waals surface area contributed by atoms with Gasteiger partial charge < -0.3 is 5.32 Å². The number of hydrogen-bond donors (Lipinski definition) is 1. The lowest BCUT2D eigenvalue weighted by Crippen LogP contribution is -2.31. The van der Waals surface area contributed by atoms with E-state index in [1.165, 1.54) is 0 Å². The zero-order chi connectivity index (χ0) is 16.2. The van der Waals surface area contributed by atoms with Crippen LogP contribution < -0.4 is 5.32 Å². The van der Waals surface area contributed by atoms with Crippen LogP contribution in [0.4, 0.5) is 5.69 Å². The molecular formula is C16H22N6O. The highest BCUT2D eigenvalue weighted by molar-refractivity contribution is 5.92. The van der Waals surface area contributed by atoms with E-state index in [1.54, 1.807) is 0 Å². The molecule has 0 aliphatic heterocycles. The van der Waals surface area contributed by atoms with E-state index in [0.717, 1.165) is 36.3 Å². The number of benzene rings is 1. The standard InChI is InChI=1S/C16H22N6O/c1-3-12-6-4-5-7-14(12)17-16(23)11-21(2)10-15-18-19-20-22(15)13-8-9-13/h4-7,13H,3,8-11H2,1-2H3,(H,17,23). The van der Waals surface area contributed by atoms with Gasteiger partial charge in [0.25, 0.3) is 0 Å². The van der Waals surface area contributed by atoms with Crippen molar-refractivity contribution in [2.45, 2.75) is 38.8 Å². The van der Waals surface area contributed by atoms with Gasteiger partial charge in [0.2, 0.25) is 5.91 Å². The number of amides is 1. The van der Waals surface area contributed by atoms with E-state index in [0.29, 0.717) is 19.1 Å². The number of aromatic nitrogens is 4. The Bertz CT molecular complexity index is 679. The van der Waals surface area contributed by atoms with Crippen LogP contribution in [0.5, 0.6) is 0 Å². The minimum absolute atomic E-state index is 0.0288. The molecule has 1 aliphatic carbocycles. The van der Waals surface area contributed by atoms with Gasteiger partial charge in [-0.3, -0.25) is 9.69 Å². The Hall–Kier alpha value is -2.28. The predicted molar refractivity (Wildman–Crippen MR) is 86.9 cm³/mol. The van der Waals surface area contributed by atoms with E-state index in [2.05, 4.69) is 27.8 Å². The first-order chi connectivity index (χ1) is 11.2. The van der Waals surface area contributed by atoms with Crippen molar-refractivity contribution in [1.82, 2.24) is 25.1 Å². The van der Waals surface area contributed by atoms with Crippen LogP contribution in [-0.4, -0.2) is 44.6 Å². The van der Waals surface area contributed by atoms with Gasteiger partial charge >= 0.3 is 0 Å². The number of carbonyl (C=O) groups is 1. The smallest absolute Gasteiger partial charge is 0.238 e. The van der Waals surface area contributed by atoms with Crippen molar-refractivity contribution < 1.29 is 4.79 Å². The van der Waals surface area contributed by atoms with Gasteiger partial charge in [-0.1, -0.05) is 25.1 Å². The highest BCUT2D eigenvalue weighted by Crippen LogP contribution is 2.34. The van der Waals surface area contributed by atoms with Crippen molar-refractivity contribution in [2.75, 3.05) is 18.9 Å². The SMILES string of the molecule is CCc1ccccc1NC(=O)CN(C)Cc1nnnn1C1CC1. The van der Waals surface area contributed by atoms with Crippen molar-refractivity contribution in [1.29, 1.82) is 0 Å². The first-order valence-electron chi connectivity index (χ1n) is 8.00. The molecule has 1 fully saturated rings. The minimum atomic E-state index is -0.0288. The molecule has 1 aliphatic rings. The van der Waals surface area contributed by atoms with Crippen LogP contribution in [0, 0.1) is 0 Å². The number of aryl methyl sites for hydroxylation is 1. The fraction of sp³-hybridized carbons (Fsp3) is 0.500. The molecular weight excluding hydrogens is 292 g/mol. The van der Waals surface area contributed by atoms with Crippen molar-refractivity contribution >= 4 is 11.6 Å². The minimum Gasteiger partial charge on any atom is -0.325 e. The molecule has 122 valence electrons. The lowest BCUT2D eigenvalue weighted by molar-refractivity contribution is -0.117. The fourth-order valence-electron chi connectivity index (χ4n) is 2.60. The van der Waals surface area contributed by atoms with E-state index in [-0.39, 0.29) is 5.91 Å². The molecule has 7 nitrogen and oxygen atoms in total. The van der Waals surface area contributed by atoms with Crippen LogP contribution in [0.2, 0.25) is 0 Å². The molecule has 0 bridgehead atoms. The zero-order valence-electron chi connectivity index (χ0n) is 13.6. The second kappa shape index (κ2) is 6.87. The summed E-state index contributed by atoms with van der Waals surface area (Å²) in [5.74, 6) is 0.788. The Kier molecular flexibility index (Phi) is 4.66. The maximum atomic E-state index is 12.2. The summed E-state index contributed by atoms with van der Waals surface area (Å²) in [7, 11) is 1.90. The maximum absolute atomic E-state index is 12.2. The van der Waals surface area contributed by atoms with Gasteiger partial charge in [-0.2, -0.15) is 0 Å². The van der Waals surface area contributed by atoms with E-state index in [4.69, 9.17) is 0 Å². The summed E-state index contributed by atoms with van der Waals surface area (Å²) < 4.78 is 1.88. The summed E-state index contributed by atoms with van der Waals surface area (Å²) in [4.78, 5) is 14.2. The lowest BCUT2D eigenvalue weighted by atomic mass is 10.1. The van der Waals surface area contributed by atoms with Crippen molar-refractivity contribution in [3.8, 4) is 0 Å². The molecule has 3 rings (SSSR count). The van der Waals surface area contributed by atoms with Crippen molar-refractivity contribution in [2.24, 2.45) is 0 Å². The van der Waals surface area contributed by atoms with Crippen molar-refractivity contribution in [3.05, 3.63) is 35.7 Å². The first kappa shape index (κ1) is 15.6. The number of likely N-dealkylation sites (N-methyl/N-ethyl adjacent to an activating group) is 1. The third-order valence-corrected chi connectivity index (χ3v) is 3.95. The van der Waals surface area contributed by atoms with Crippen LogP contribution >= 0.6 is 0 Å². The lowest BCUT2D eigenvalue weighted by Gasteiger charge is -2.16. The van der Waals surface area contributed by atoms with Crippen LogP contribution in [0.25, 0.3) is 0 Å². The van der Waals surface area contributed by atoms with E-state index >= 15 is 0 Å². The molecule has 1 N–H and O–H groups in total. The Morgan fingerprint density at radius 3 is 2.91 bits per heavy atom. The molecule has 0 radical (unpaired) electrons. The maximum Gasteiger partial charge on any atom is 0.238 e. The third-order valence-electron chi connectivity index (χ3n) is 3.95. The number of rotatable bonds is 7. The number of anilines is 1. The summed E-state index contributed by atoms with van der Waals surface area (Å²) >= 11 is 0. The molecule has 0 saturated heterocycles. The predicted octanol–water partition coefficient (Wildman–Crippen LogP) is 1.64. The molecule has 2 aromatic rings. The number of tetrazole rings is 1. The number of hydrogen-bond acceptors (Lipinski definition) is 5. The van der Waals surface area contributed by atoms with Crippen molar-refractivity contribution in [3.63, 3.8) is 0 Å². The van der Waals surface area contributed by atoms with Crippen LogP contribution in [0.15, 0.2) is 24.3 Å². The molecule has 1 heterocycles. The molecule has 7 heteroatoms. The quantitative estimate of drug-likeness (QED) is 0.841. The average Bonchev–Trinajstić information content (AvgIpc) is 3.28. The van der Waals surface area contributed by atoms with Gasteiger partial charge in [0.1, 0.15) is 0 Å². The molecule has 0 spiro atoms. The van der Waals surface area contributed by atoms with Gasteiger partial charge in [-0.05, 0) is 48.4 Å². The summed E-state index contributed by atoms with van der Waals surface area (Å²) in [6, 6.07) is 8.33. The average molecular weight is 314 g/mol. The van der Waals surface area contributed by atoms with E-state index in [9.17, 15) is 4.79 Å². The highest BCUT2D eigenvalue weighted by atomic mass is 16.2. The Balaban J connectivity index is 1.55. The Morgan fingerprint density at radius 2 is 2.17 bits per heavy atom. The van der Waals surface area contributed by atoms with Gasteiger partial charge in [0.15, 0.2) is 5.82 Å². The summed E-state index contributed by atoms with van der Waals surface area (Å²) in [6.45, 7) is 2.94. The highest BCUT2D eigenvalue weighted by Gasteiger charge is 2.28. The van der Waals surface area contributed by atoms with Crippen LogP contribution in [0.1, 0.15) is 37.2 Å². The summed E-state index contributed by atoms with van der Waals surface area (Å²) in [5.41, 5.74) is 2.03. The van der Waals surface area contributed by atoms with E-state index < -0.39 is 0 Å². The molecule has 1 saturated carbocycles. The molecule has 0 atom stereocenters. The molecule has 0 unspecified atom stereocenters. The number of para-hydroxylation sites is 1. The summed E-state index contributed by atoms with van der Waals surface area (Å²) in [5, 5.41) is 14.8. The monoisotopic (exact) mass is 314 g/mol. The van der Waals surface area contributed by atoms with Gasteiger partial charge in [-0.25, -0.2) is 4.68 Å². The molecule has 23 heavy (non-hydrogen) atoms. The second-order valence-electron chi connectivity index (χ2n) is 6.00. The van der Waals surface area contributed by atoms with Gasteiger partial charge in [-0.15, -0.1) is 5.10 Å². The molecule has 1 amide bonds. The zero-order valence-corrected chi connectivity index (χ0v) is 13.6. The first-order valence-corrected chi connectivity index (χ1v) is 8.00. The number of nitrogens with zero attached hydrogens (tertiary/aromatic N) is 5. The van der Waals surface area contributed by atoms with E-state index in [1.807, 2.05) is 40.9 Å². The largest absolute Gasteiger partial charge is 0.325 e. The van der Waals surface area contributed by atoms with Crippen LogP contribution in [0.3, 0.4) is 0 Å². The fourth-order valence-corrected chi connectivity index (χ4v) is 2.60. The van der Waals surface area contributed by atoms with Gasteiger partial charge in [0.05, 0.1) is 19.1 Å². The Morgan fingerprint density at radius 1 is 1.39 bits per heavy atom. The third kappa shape index (κ3) is 3.92. The summed E-state index contributed by atoms with van der Waals surface area (Å²) in [6.07, 6.45) is 3.16. The normalized spacial score (nSPS) is 14.2. The number of nitrogens with one attached hydrogen (secondary N) is 1. The Labute approximate surface area is 135 Å². The topological polar surface area (TPSA) is 75.9 Å². The molecule has 1 aromatic heterocycles. The van der Waals surface area contributed by atoms with Gasteiger partial charge in [0, 0.05) is 5.69 Å². The number of carbonyl (C=O) groups excluding carboxylic acids is 1. The molecule has 1 aromatic carbocycles. The van der Waals surface area contributed by atoms with Crippen LogP contribution in [-0.2, 0) is 17.8 Å². The second-order valence-corrected chi connectivity index (χ2v) is 6.00.